The fraction of sp³-hybridized carbons (Fsp3) is 0.650. The first-order chi connectivity index (χ1) is 13.2. The van der Waals surface area contributed by atoms with Gasteiger partial charge < -0.3 is 29.2 Å². The van der Waals surface area contributed by atoms with Gasteiger partial charge in [-0.1, -0.05) is 0 Å². The molecule has 8 heteroatoms. The lowest BCUT2D eigenvalue weighted by Gasteiger charge is -2.22. The number of likely N-dealkylation sites (tertiary alicyclic amines) is 1. The van der Waals surface area contributed by atoms with E-state index < -0.39 is 0 Å². The van der Waals surface area contributed by atoms with Crippen LogP contribution < -0.4 is 14.8 Å². The molecule has 0 aromatic heterocycles. The maximum absolute atomic E-state index is 5.69. The summed E-state index contributed by atoms with van der Waals surface area (Å²) in [7, 11) is 5.01. The summed E-state index contributed by atoms with van der Waals surface area (Å²) in [5.74, 6) is 3.04. The molecule has 7 nitrogen and oxygen atoms in total. The van der Waals surface area contributed by atoms with Crippen molar-refractivity contribution in [3.8, 4) is 11.5 Å². The van der Waals surface area contributed by atoms with Crippen molar-refractivity contribution in [3.63, 3.8) is 0 Å². The minimum atomic E-state index is 0. The Morgan fingerprint density at radius 2 is 2.04 bits per heavy atom. The number of nitrogens with zero attached hydrogens (tertiary/aromatic N) is 2. The molecule has 28 heavy (non-hydrogen) atoms. The molecule has 0 saturated carbocycles. The summed E-state index contributed by atoms with van der Waals surface area (Å²) in [6.45, 7) is 7.49. The molecule has 1 saturated heterocycles. The topological polar surface area (TPSA) is 64.6 Å². The van der Waals surface area contributed by atoms with Gasteiger partial charge in [0, 0.05) is 44.3 Å². The van der Waals surface area contributed by atoms with E-state index in [4.69, 9.17) is 23.9 Å². The molecule has 1 aromatic rings. The van der Waals surface area contributed by atoms with E-state index in [0.717, 1.165) is 55.7 Å². The van der Waals surface area contributed by atoms with E-state index in [1.165, 1.54) is 0 Å². The fourth-order valence-corrected chi connectivity index (χ4v) is 3.12. The molecule has 1 heterocycles. The van der Waals surface area contributed by atoms with Gasteiger partial charge in [-0.05, 0) is 25.5 Å². The van der Waals surface area contributed by atoms with Gasteiger partial charge in [0.05, 0.1) is 40.6 Å². The maximum Gasteiger partial charge on any atom is 0.194 e. The van der Waals surface area contributed by atoms with Gasteiger partial charge in [-0.3, -0.25) is 0 Å². The van der Waals surface area contributed by atoms with Crippen LogP contribution in [0.4, 0.5) is 0 Å². The van der Waals surface area contributed by atoms with Crippen molar-refractivity contribution in [3.05, 3.63) is 23.8 Å². The molecule has 2 rings (SSSR count). The average Bonchev–Trinajstić information content (AvgIpc) is 3.17. The zero-order valence-corrected chi connectivity index (χ0v) is 19.7. The van der Waals surface area contributed by atoms with Crippen LogP contribution >= 0.6 is 24.0 Å². The van der Waals surface area contributed by atoms with Crippen molar-refractivity contribution in [1.82, 2.24) is 10.2 Å². The first-order valence-corrected chi connectivity index (χ1v) is 9.52. The van der Waals surface area contributed by atoms with Crippen LogP contribution in [0.25, 0.3) is 0 Å². The molecule has 1 atom stereocenters. The molecule has 1 unspecified atom stereocenters. The summed E-state index contributed by atoms with van der Waals surface area (Å²) in [5.41, 5.74) is 1.03. The Hall–Kier alpha value is -1.26. The summed E-state index contributed by atoms with van der Waals surface area (Å²) in [6, 6.07) is 5.83. The van der Waals surface area contributed by atoms with Crippen LogP contribution in [0.3, 0.4) is 0 Å². The molecule has 1 aliphatic heterocycles. The van der Waals surface area contributed by atoms with Crippen LogP contribution in [0.2, 0.25) is 0 Å². The maximum atomic E-state index is 5.69. The average molecular weight is 507 g/mol. The van der Waals surface area contributed by atoms with Gasteiger partial charge in [0.1, 0.15) is 11.5 Å². The molecule has 0 aliphatic carbocycles. The molecule has 1 aliphatic rings. The Morgan fingerprint density at radius 1 is 1.21 bits per heavy atom. The lowest BCUT2D eigenvalue weighted by molar-refractivity contribution is 0.0536. The Morgan fingerprint density at radius 3 is 2.71 bits per heavy atom. The van der Waals surface area contributed by atoms with Crippen molar-refractivity contribution < 1.29 is 18.9 Å². The third kappa shape index (κ3) is 7.63. The van der Waals surface area contributed by atoms with E-state index in [9.17, 15) is 0 Å². The lowest BCUT2D eigenvalue weighted by atomic mass is 10.1. The van der Waals surface area contributed by atoms with E-state index >= 15 is 0 Å². The first kappa shape index (κ1) is 24.8. The van der Waals surface area contributed by atoms with Gasteiger partial charge in [0.15, 0.2) is 5.96 Å². The normalized spacial score (nSPS) is 16.6. The summed E-state index contributed by atoms with van der Waals surface area (Å²) in [5, 5.41) is 3.40. The molecule has 1 aromatic carbocycles. The molecule has 0 bridgehead atoms. The molecule has 0 amide bonds. The van der Waals surface area contributed by atoms with Crippen LogP contribution in [0.15, 0.2) is 23.2 Å². The molecule has 160 valence electrons. The number of nitrogens with one attached hydrogen (secondary N) is 1. The molecule has 1 fully saturated rings. The van der Waals surface area contributed by atoms with Crippen molar-refractivity contribution in [2.24, 2.45) is 10.9 Å². The van der Waals surface area contributed by atoms with E-state index in [-0.39, 0.29) is 24.0 Å². The van der Waals surface area contributed by atoms with E-state index in [2.05, 4.69) is 17.1 Å². The number of methoxy groups -OCH3 is 3. The predicted octanol–water partition coefficient (Wildman–Crippen LogP) is 2.77. The standard InChI is InChI=1S/C20H33N3O4.HI/c1-5-21-20(23-9-8-16(14-23)15-27-11-10-24-2)22-13-17-6-7-18(25-3)12-19(17)26-4;/h6-7,12,16H,5,8-11,13-15H2,1-4H3,(H,21,22);1H. The molecule has 1 N–H and O–H groups in total. The SMILES string of the molecule is CCNC(=NCc1ccc(OC)cc1OC)N1CCC(COCCOC)C1.I. The predicted molar refractivity (Wildman–Crippen MR) is 122 cm³/mol. The van der Waals surface area contributed by atoms with Crippen molar-refractivity contribution in [1.29, 1.82) is 0 Å². The van der Waals surface area contributed by atoms with Crippen LogP contribution in [0, 0.1) is 5.92 Å². The summed E-state index contributed by atoms with van der Waals surface area (Å²) >= 11 is 0. The molecule has 0 radical (unpaired) electrons. The number of aliphatic imine (C=N–C) groups is 1. The first-order valence-electron chi connectivity index (χ1n) is 9.52. The second kappa shape index (κ2) is 13.8. The highest BCUT2D eigenvalue weighted by Gasteiger charge is 2.25. The second-order valence-electron chi connectivity index (χ2n) is 6.52. The zero-order chi connectivity index (χ0) is 19.5. The van der Waals surface area contributed by atoms with Gasteiger partial charge in [-0.15, -0.1) is 24.0 Å². The number of ether oxygens (including phenoxy) is 4. The quantitative estimate of drug-likeness (QED) is 0.228. The van der Waals surface area contributed by atoms with Crippen molar-refractivity contribution in [2.75, 3.05) is 60.8 Å². The van der Waals surface area contributed by atoms with Crippen LogP contribution in [0.5, 0.6) is 11.5 Å². The Kier molecular flexibility index (Phi) is 12.2. The molecular weight excluding hydrogens is 473 g/mol. The number of halogens is 1. The number of rotatable bonds is 10. The van der Waals surface area contributed by atoms with E-state index in [1.54, 1.807) is 21.3 Å². The summed E-state index contributed by atoms with van der Waals surface area (Å²) < 4.78 is 21.4. The third-order valence-electron chi connectivity index (χ3n) is 4.60. The van der Waals surface area contributed by atoms with Gasteiger partial charge in [-0.25, -0.2) is 4.99 Å². The minimum Gasteiger partial charge on any atom is -0.497 e. The Labute approximate surface area is 185 Å². The lowest BCUT2D eigenvalue weighted by Crippen LogP contribution is -2.40. The van der Waals surface area contributed by atoms with Crippen molar-refractivity contribution >= 4 is 29.9 Å². The van der Waals surface area contributed by atoms with Crippen LogP contribution in [-0.2, 0) is 16.0 Å². The minimum absolute atomic E-state index is 0. The second-order valence-corrected chi connectivity index (χ2v) is 6.52. The van der Waals surface area contributed by atoms with E-state index in [1.807, 2.05) is 18.2 Å². The Balaban J connectivity index is 0.00000392. The van der Waals surface area contributed by atoms with Crippen molar-refractivity contribution in [2.45, 2.75) is 19.9 Å². The van der Waals surface area contributed by atoms with Gasteiger partial charge >= 0.3 is 0 Å². The highest BCUT2D eigenvalue weighted by Crippen LogP contribution is 2.25. The largest absolute Gasteiger partial charge is 0.497 e. The van der Waals surface area contributed by atoms with Gasteiger partial charge in [-0.2, -0.15) is 0 Å². The fourth-order valence-electron chi connectivity index (χ4n) is 3.12. The van der Waals surface area contributed by atoms with E-state index in [0.29, 0.717) is 25.7 Å². The number of benzene rings is 1. The van der Waals surface area contributed by atoms with Crippen LogP contribution in [0.1, 0.15) is 18.9 Å². The number of guanidine groups is 1. The molecular formula is C20H34IN3O4. The summed E-state index contributed by atoms with van der Waals surface area (Å²) in [6.07, 6.45) is 1.11. The zero-order valence-electron chi connectivity index (χ0n) is 17.4. The number of hydrogen-bond donors (Lipinski definition) is 1. The number of hydrogen-bond acceptors (Lipinski definition) is 5. The monoisotopic (exact) mass is 507 g/mol. The highest BCUT2D eigenvalue weighted by molar-refractivity contribution is 14.0. The van der Waals surface area contributed by atoms with Crippen LogP contribution in [-0.4, -0.2) is 71.6 Å². The highest BCUT2D eigenvalue weighted by atomic mass is 127. The summed E-state index contributed by atoms with van der Waals surface area (Å²) in [4.78, 5) is 7.13. The molecule has 0 spiro atoms. The third-order valence-corrected chi connectivity index (χ3v) is 4.60. The van der Waals surface area contributed by atoms with Gasteiger partial charge in [0.25, 0.3) is 0 Å². The smallest absolute Gasteiger partial charge is 0.194 e. The van der Waals surface area contributed by atoms with Gasteiger partial charge in [0.2, 0.25) is 0 Å². The Bertz CT molecular complexity index is 601.